The Kier molecular flexibility index (Phi) is 6.45. The molecule has 0 saturated heterocycles. The molecular formula is C22H21N3OS. The van der Waals surface area contributed by atoms with E-state index in [2.05, 4.69) is 36.0 Å². The molecule has 0 aliphatic rings. The number of benzene rings is 2. The van der Waals surface area contributed by atoms with Crippen molar-refractivity contribution >= 4 is 11.8 Å². The molecule has 1 heterocycles. The van der Waals surface area contributed by atoms with Crippen LogP contribution in [0.1, 0.15) is 36.2 Å². The summed E-state index contributed by atoms with van der Waals surface area (Å²) in [5.74, 6) is 2.05. The zero-order valence-electron chi connectivity index (χ0n) is 15.5. The molecule has 0 aliphatic heterocycles. The lowest BCUT2D eigenvalue weighted by molar-refractivity contribution is 0.453. The van der Waals surface area contributed by atoms with Crippen molar-refractivity contribution in [3.63, 3.8) is 0 Å². The fourth-order valence-corrected chi connectivity index (χ4v) is 3.39. The maximum atomic E-state index is 9.03. The SMILES string of the molecule is CCc1cccc(Oc2cc(CC)nc(SCc3cccc(C#N)c3)n2)c1. The third-order valence-electron chi connectivity index (χ3n) is 4.05. The number of aromatic nitrogens is 2. The van der Waals surface area contributed by atoms with Crippen LogP contribution in [0.4, 0.5) is 0 Å². The van der Waals surface area contributed by atoms with Gasteiger partial charge in [0, 0.05) is 17.5 Å². The van der Waals surface area contributed by atoms with Gasteiger partial charge in [-0.2, -0.15) is 10.2 Å². The molecule has 0 atom stereocenters. The van der Waals surface area contributed by atoms with E-state index in [1.807, 2.05) is 42.5 Å². The maximum absolute atomic E-state index is 9.03. The van der Waals surface area contributed by atoms with E-state index in [9.17, 15) is 0 Å². The zero-order valence-corrected chi connectivity index (χ0v) is 16.3. The predicted octanol–water partition coefficient (Wildman–Crippen LogP) is 5.56. The normalized spacial score (nSPS) is 10.4. The van der Waals surface area contributed by atoms with Crippen molar-refractivity contribution < 1.29 is 4.74 Å². The van der Waals surface area contributed by atoms with Crippen molar-refractivity contribution in [3.8, 4) is 17.7 Å². The summed E-state index contributed by atoms with van der Waals surface area (Å²) in [6.45, 7) is 4.18. The third kappa shape index (κ3) is 5.32. The van der Waals surface area contributed by atoms with E-state index < -0.39 is 0 Å². The van der Waals surface area contributed by atoms with Gasteiger partial charge in [-0.15, -0.1) is 0 Å². The van der Waals surface area contributed by atoms with Crippen LogP contribution in [-0.2, 0) is 18.6 Å². The highest BCUT2D eigenvalue weighted by molar-refractivity contribution is 7.98. The number of nitriles is 1. The van der Waals surface area contributed by atoms with Gasteiger partial charge in [0.15, 0.2) is 5.16 Å². The van der Waals surface area contributed by atoms with Crippen molar-refractivity contribution in [2.24, 2.45) is 0 Å². The van der Waals surface area contributed by atoms with Crippen molar-refractivity contribution in [2.45, 2.75) is 37.6 Å². The predicted molar refractivity (Wildman–Crippen MR) is 108 cm³/mol. The maximum Gasteiger partial charge on any atom is 0.223 e. The van der Waals surface area contributed by atoms with E-state index in [4.69, 9.17) is 10.00 Å². The van der Waals surface area contributed by atoms with Crippen LogP contribution in [0.3, 0.4) is 0 Å². The molecule has 0 unspecified atom stereocenters. The molecule has 0 fully saturated rings. The van der Waals surface area contributed by atoms with Crippen LogP contribution in [0.5, 0.6) is 11.6 Å². The van der Waals surface area contributed by atoms with Crippen molar-refractivity contribution in [1.29, 1.82) is 5.26 Å². The van der Waals surface area contributed by atoms with Gasteiger partial charge in [0.1, 0.15) is 5.75 Å². The largest absolute Gasteiger partial charge is 0.439 e. The van der Waals surface area contributed by atoms with Gasteiger partial charge in [0.25, 0.3) is 0 Å². The summed E-state index contributed by atoms with van der Waals surface area (Å²) < 4.78 is 5.99. The van der Waals surface area contributed by atoms with E-state index in [0.717, 1.165) is 29.8 Å². The third-order valence-corrected chi connectivity index (χ3v) is 4.97. The lowest BCUT2D eigenvalue weighted by Crippen LogP contribution is -1.97. The van der Waals surface area contributed by atoms with Crippen LogP contribution < -0.4 is 4.74 Å². The highest BCUT2D eigenvalue weighted by Gasteiger charge is 2.08. The molecule has 27 heavy (non-hydrogen) atoms. The molecule has 5 heteroatoms. The van der Waals surface area contributed by atoms with E-state index in [-0.39, 0.29) is 0 Å². The molecule has 0 amide bonds. The molecule has 0 saturated carbocycles. The van der Waals surface area contributed by atoms with Gasteiger partial charge in [-0.25, -0.2) is 4.98 Å². The highest BCUT2D eigenvalue weighted by atomic mass is 32.2. The second-order valence-electron chi connectivity index (χ2n) is 6.04. The van der Waals surface area contributed by atoms with Gasteiger partial charge in [-0.3, -0.25) is 0 Å². The zero-order chi connectivity index (χ0) is 19.1. The summed E-state index contributed by atoms with van der Waals surface area (Å²) in [5, 5.41) is 9.71. The quantitative estimate of drug-likeness (QED) is 0.400. The number of thioether (sulfide) groups is 1. The Hall–Kier alpha value is -2.84. The summed E-state index contributed by atoms with van der Waals surface area (Å²) in [6, 6.07) is 19.7. The van der Waals surface area contributed by atoms with Gasteiger partial charge in [-0.05, 0) is 48.2 Å². The Labute approximate surface area is 164 Å². The minimum absolute atomic E-state index is 0.559. The molecular weight excluding hydrogens is 354 g/mol. The van der Waals surface area contributed by atoms with Crippen molar-refractivity contribution in [1.82, 2.24) is 9.97 Å². The van der Waals surface area contributed by atoms with Crippen molar-refractivity contribution in [3.05, 3.63) is 77.0 Å². The number of aryl methyl sites for hydroxylation is 2. The summed E-state index contributed by atoms with van der Waals surface area (Å²) in [7, 11) is 0. The smallest absolute Gasteiger partial charge is 0.223 e. The Morgan fingerprint density at radius 1 is 0.963 bits per heavy atom. The second kappa shape index (κ2) is 9.20. The first-order chi connectivity index (χ1) is 13.2. The molecule has 136 valence electrons. The molecule has 2 aromatic carbocycles. The average molecular weight is 375 g/mol. The monoisotopic (exact) mass is 375 g/mol. The van der Waals surface area contributed by atoms with Crippen LogP contribution in [0.2, 0.25) is 0 Å². The van der Waals surface area contributed by atoms with E-state index in [1.165, 1.54) is 5.56 Å². The number of nitrogens with zero attached hydrogens (tertiary/aromatic N) is 3. The fourth-order valence-electron chi connectivity index (χ4n) is 2.58. The lowest BCUT2D eigenvalue weighted by atomic mass is 10.2. The summed E-state index contributed by atoms with van der Waals surface area (Å²) >= 11 is 1.54. The van der Waals surface area contributed by atoms with Crippen LogP contribution >= 0.6 is 11.8 Å². The molecule has 3 rings (SSSR count). The highest BCUT2D eigenvalue weighted by Crippen LogP contribution is 2.26. The summed E-state index contributed by atoms with van der Waals surface area (Å²) in [4.78, 5) is 9.15. The first kappa shape index (κ1) is 18.9. The standard InChI is InChI=1S/C22H21N3OS/c1-3-16-7-6-10-20(12-16)26-21-13-19(4-2)24-22(25-21)27-15-18-9-5-8-17(11-18)14-23/h5-13H,3-4,15H2,1-2H3. The van der Waals surface area contributed by atoms with E-state index in [0.29, 0.717) is 22.4 Å². The first-order valence-electron chi connectivity index (χ1n) is 8.96. The molecule has 3 aromatic rings. The summed E-state index contributed by atoms with van der Waals surface area (Å²) in [5.41, 5.74) is 3.91. The molecule has 0 spiro atoms. The van der Waals surface area contributed by atoms with E-state index >= 15 is 0 Å². The van der Waals surface area contributed by atoms with Crippen LogP contribution in [0, 0.1) is 11.3 Å². The van der Waals surface area contributed by atoms with Gasteiger partial charge < -0.3 is 4.74 Å². The van der Waals surface area contributed by atoms with Gasteiger partial charge in [0.2, 0.25) is 5.88 Å². The fraction of sp³-hybridized carbons (Fsp3) is 0.227. The number of rotatable bonds is 7. The van der Waals surface area contributed by atoms with Gasteiger partial charge in [-0.1, -0.05) is 49.9 Å². The van der Waals surface area contributed by atoms with Crippen LogP contribution in [-0.4, -0.2) is 9.97 Å². The summed E-state index contributed by atoms with van der Waals surface area (Å²) in [6.07, 6.45) is 1.77. The van der Waals surface area contributed by atoms with E-state index in [1.54, 1.807) is 17.8 Å². The Morgan fingerprint density at radius 2 is 1.78 bits per heavy atom. The molecule has 1 aromatic heterocycles. The molecule has 0 bridgehead atoms. The molecule has 0 aliphatic carbocycles. The minimum atomic E-state index is 0.559. The first-order valence-corrected chi connectivity index (χ1v) is 9.95. The number of ether oxygens (including phenoxy) is 1. The average Bonchev–Trinajstić information content (AvgIpc) is 2.72. The van der Waals surface area contributed by atoms with Gasteiger partial charge >= 0.3 is 0 Å². The Balaban J connectivity index is 1.77. The number of hydrogen-bond acceptors (Lipinski definition) is 5. The molecule has 0 N–H and O–H groups in total. The van der Waals surface area contributed by atoms with Crippen molar-refractivity contribution in [2.75, 3.05) is 0 Å². The van der Waals surface area contributed by atoms with Crippen LogP contribution in [0.25, 0.3) is 0 Å². The molecule has 0 radical (unpaired) electrons. The topological polar surface area (TPSA) is 58.8 Å². The van der Waals surface area contributed by atoms with Crippen LogP contribution in [0.15, 0.2) is 59.8 Å². The Morgan fingerprint density at radius 3 is 2.56 bits per heavy atom. The molecule has 4 nitrogen and oxygen atoms in total. The van der Waals surface area contributed by atoms with Gasteiger partial charge in [0.05, 0.1) is 11.6 Å². The minimum Gasteiger partial charge on any atom is -0.439 e. The second-order valence-corrected chi connectivity index (χ2v) is 6.98. The number of hydrogen-bond donors (Lipinski definition) is 0. The lowest BCUT2D eigenvalue weighted by Gasteiger charge is -2.09. The Bertz CT molecular complexity index is 966.